The van der Waals surface area contributed by atoms with E-state index in [1.807, 2.05) is 0 Å². The zero-order valence-electron chi connectivity index (χ0n) is 21.7. The first kappa shape index (κ1) is 26.4. The predicted octanol–water partition coefficient (Wildman–Crippen LogP) is 3.55. The number of furan rings is 1. The van der Waals surface area contributed by atoms with Gasteiger partial charge in [0.1, 0.15) is 11.8 Å². The van der Waals surface area contributed by atoms with Crippen LogP contribution >= 0.6 is 0 Å². The van der Waals surface area contributed by atoms with Crippen molar-refractivity contribution in [2.75, 3.05) is 6.54 Å². The molecule has 196 valence electrons. The van der Waals surface area contributed by atoms with Crippen LogP contribution in [0.25, 0.3) is 11.3 Å². The van der Waals surface area contributed by atoms with E-state index in [4.69, 9.17) is 9.68 Å². The lowest BCUT2D eigenvalue weighted by Gasteiger charge is -2.47. The van der Waals surface area contributed by atoms with Gasteiger partial charge in [0.2, 0.25) is 5.91 Å². The summed E-state index contributed by atoms with van der Waals surface area (Å²) >= 11 is 0. The Hall–Kier alpha value is -3.64. The molecule has 2 amide bonds. The molecule has 2 heterocycles. The van der Waals surface area contributed by atoms with E-state index < -0.39 is 29.4 Å². The summed E-state index contributed by atoms with van der Waals surface area (Å²) in [7, 11) is 0. The number of carboxylic acids is 1. The molecule has 1 saturated carbocycles. The molecule has 0 unspecified atom stereocenters. The highest BCUT2D eigenvalue weighted by atomic mass is 16.4. The molecule has 3 N–H and O–H groups in total. The lowest BCUT2D eigenvalue weighted by molar-refractivity contribution is -0.158. The van der Waals surface area contributed by atoms with E-state index >= 15 is 0 Å². The van der Waals surface area contributed by atoms with Crippen molar-refractivity contribution in [2.24, 2.45) is 5.41 Å². The first-order valence-corrected chi connectivity index (χ1v) is 12.6. The molecular weight excluding hydrogens is 472 g/mol. The third-order valence-electron chi connectivity index (χ3n) is 7.37. The van der Waals surface area contributed by atoms with Crippen LogP contribution in [0.3, 0.4) is 0 Å². The third-order valence-corrected chi connectivity index (χ3v) is 7.37. The number of hydrogen-bond donors (Lipinski definition) is 3. The molecule has 1 aromatic heterocycles. The number of benzene rings is 1. The van der Waals surface area contributed by atoms with E-state index in [9.17, 15) is 19.5 Å². The normalized spacial score (nSPS) is 26.1. The fraction of sp³-hybridized carbons (Fsp3) is 0.500. The van der Waals surface area contributed by atoms with E-state index in [-0.39, 0.29) is 23.2 Å². The topological polar surface area (TPSA) is 136 Å². The molecule has 9 heteroatoms. The highest BCUT2D eigenvalue weighted by Gasteiger charge is 2.52. The van der Waals surface area contributed by atoms with Crippen LogP contribution in [0.15, 0.2) is 40.8 Å². The lowest BCUT2D eigenvalue weighted by Crippen LogP contribution is -2.59. The number of nitrogens with one attached hydrogen (secondary N) is 2. The van der Waals surface area contributed by atoms with Crippen molar-refractivity contribution < 1.29 is 23.9 Å². The van der Waals surface area contributed by atoms with Crippen molar-refractivity contribution in [1.82, 2.24) is 15.5 Å². The number of hydrogen-bond acceptors (Lipinski definition) is 6. The van der Waals surface area contributed by atoms with Gasteiger partial charge in [-0.05, 0) is 89.8 Å². The molecule has 1 aliphatic carbocycles. The van der Waals surface area contributed by atoms with Gasteiger partial charge < -0.3 is 25.1 Å². The second-order valence-corrected chi connectivity index (χ2v) is 11.3. The Balaban J connectivity index is 1.42. The van der Waals surface area contributed by atoms with E-state index in [1.54, 1.807) is 48.2 Å². The fourth-order valence-electron chi connectivity index (χ4n) is 5.59. The van der Waals surface area contributed by atoms with Crippen molar-refractivity contribution in [2.45, 2.75) is 77.0 Å². The van der Waals surface area contributed by atoms with Crippen molar-refractivity contribution in [3.05, 3.63) is 47.7 Å². The van der Waals surface area contributed by atoms with Gasteiger partial charge >= 0.3 is 5.97 Å². The number of likely N-dealkylation sites (tertiary alicyclic amines) is 1. The van der Waals surface area contributed by atoms with E-state index in [0.717, 1.165) is 12.0 Å². The Morgan fingerprint density at radius 1 is 1.14 bits per heavy atom. The highest BCUT2D eigenvalue weighted by molar-refractivity contribution is 5.96. The Bertz CT molecular complexity index is 1220. The summed E-state index contributed by atoms with van der Waals surface area (Å²) in [5.74, 6) is -1.11. The standard InChI is InChI=1S/C28H34N4O5/c1-27(2,3)31-19-9-12-23(28(4,15-19)26(35)36)32-14-13-20(25(32)34)30-24(33)22-11-10-21(37-22)18-7-5-17(16-29)6-8-18/h5-8,10-11,19-20,23,31H,9,12-15H2,1-4H3,(H,30,33)(H,35,36)/t19-,20+,23+,28-/m1/s1. The van der Waals surface area contributed by atoms with Gasteiger partial charge in [-0.3, -0.25) is 14.4 Å². The van der Waals surface area contributed by atoms with Gasteiger partial charge in [-0.25, -0.2) is 0 Å². The van der Waals surface area contributed by atoms with Gasteiger partial charge in [0.25, 0.3) is 5.91 Å². The summed E-state index contributed by atoms with van der Waals surface area (Å²) in [4.78, 5) is 40.2. The van der Waals surface area contributed by atoms with Crippen LogP contribution in [-0.4, -0.2) is 58.0 Å². The molecule has 2 fully saturated rings. The maximum Gasteiger partial charge on any atom is 0.311 e. The first-order chi connectivity index (χ1) is 17.4. The van der Waals surface area contributed by atoms with E-state index in [1.165, 1.54) is 0 Å². The molecule has 0 bridgehead atoms. The van der Waals surface area contributed by atoms with Crippen LogP contribution < -0.4 is 10.6 Å². The van der Waals surface area contributed by atoms with Gasteiger partial charge in [0.15, 0.2) is 5.76 Å². The zero-order chi connectivity index (χ0) is 27.0. The monoisotopic (exact) mass is 506 g/mol. The van der Waals surface area contributed by atoms with E-state index in [2.05, 4.69) is 37.5 Å². The third kappa shape index (κ3) is 5.54. The smallest absolute Gasteiger partial charge is 0.311 e. The summed E-state index contributed by atoms with van der Waals surface area (Å²) in [5.41, 5.74) is 0.0232. The molecule has 2 aromatic rings. The van der Waals surface area contributed by atoms with Crippen LogP contribution in [0.1, 0.15) is 69.5 Å². The van der Waals surface area contributed by atoms with Crippen LogP contribution in [-0.2, 0) is 9.59 Å². The fourth-order valence-corrected chi connectivity index (χ4v) is 5.59. The molecule has 4 rings (SSSR count). The Kier molecular flexibility index (Phi) is 7.16. The van der Waals surface area contributed by atoms with Crippen molar-refractivity contribution in [1.29, 1.82) is 5.26 Å². The van der Waals surface area contributed by atoms with Crippen molar-refractivity contribution in [3.8, 4) is 17.4 Å². The minimum Gasteiger partial charge on any atom is -0.481 e. The summed E-state index contributed by atoms with van der Waals surface area (Å²) in [6.45, 7) is 8.29. The molecule has 0 spiro atoms. The summed E-state index contributed by atoms with van der Waals surface area (Å²) < 4.78 is 5.71. The van der Waals surface area contributed by atoms with Gasteiger partial charge in [0, 0.05) is 29.7 Å². The molecular formula is C28H34N4O5. The Morgan fingerprint density at radius 2 is 1.84 bits per heavy atom. The second-order valence-electron chi connectivity index (χ2n) is 11.3. The lowest BCUT2D eigenvalue weighted by atomic mass is 9.68. The van der Waals surface area contributed by atoms with Crippen LogP contribution in [0.4, 0.5) is 0 Å². The number of carboxylic acid groups (broad SMARTS) is 1. The number of carbonyl (C=O) groups excluding carboxylic acids is 2. The van der Waals surface area contributed by atoms with Crippen LogP contribution in [0.5, 0.6) is 0 Å². The second kappa shape index (κ2) is 10.0. The summed E-state index contributed by atoms with van der Waals surface area (Å²) in [6, 6.07) is 11.0. The van der Waals surface area contributed by atoms with Crippen molar-refractivity contribution in [3.63, 3.8) is 0 Å². The highest BCUT2D eigenvalue weighted by Crippen LogP contribution is 2.41. The van der Waals surface area contributed by atoms with Gasteiger partial charge in [-0.15, -0.1) is 0 Å². The molecule has 0 radical (unpaired) electrons. The molecule has 1 aromatic carbocycles. The number of nitriles is 1. The average molecular weight is 507 g/mol. The molecule has 4 atom stereocenters. The van der Waals surface area contributed by atoms with Gasteiger partial charge in [-0.2, -0.15) is 5.26 Å². The number of carbonyl (C=O) groups is 3. The van der Waals surface area contributed by atoms with Gasteiger partial charge in [0.05, 0.1) is 17.0 Å². The predicted molar refractivity (Wildman–Crippen MR) is 137 cm³/mol. The maximum absolute atomic E-state index is 13.3. The Labute approximate surface area is 216 Å². The van der Waals surface area contributed by atoms with Crippen LogP contribution in [0, 0.1) is 16.7 Å². The van der Waals surface area contributed by atoms with Crippen LogP contribution in [0.2, 0.25) is 0 Å². The Morgan fingerprint density at radius 3 is 2.46 bits per heavy atom. The summed E-state index contributed by atoms with van der Waals surface area (Å²) in [6.07, 6.45) is 2.18. The van der Waals surface area contributed by atoms with Crippen molar-refractivity contribution >= 4 is 17.8 Å². The number of amides is 2. The molecule has 37 heavy (non-hydrogen) atoms. The molecule has 2 aliphatic rings. The zero-order valence-corrected chi connectivity index (χ0v) is 21.7. The quantitative estimate of drug-likeness (QED) is 0.545. The average Bonchev–Trinajstić information content (AvgIpc) is 3.46. The first-order valence-electron chi connectivity index (χ1n) is 12.6. The van der Waals surface area contributed by atoms with E-state index in [0.29, 0.717) is 37.1 Å². The maximum atomic E-state index is 13.3. The minimum absolute atomic E-state index is 0.0507. The number of nitrogens with zero attached hydrogens (tertiary/aromatic N) is 2. The SMILES string of the molecule is CC(C)(C)N[C@@H]1CC[C@H](N2CC[C@H](NC(=O)c3ccc(-c4ccc(C#N)cc4)o3)C2=O)[C@](C)(C(=O)O)C1. The molecule has 1 saturated heterocycles. The van der Waals surface area contributed by atoms with Gasteiger partial charge in [-0.1, -0.05) is 0 Å². The molecule has 9 nitrogen and oxygen atoms in total. The molecule has 1 aliphatic heterocycles. The number of rotatable bonds is 6. The largest absolute Gasteiger partial charge is 0.481 e. The summed E-state index contributed by atoms with van der Waals surface area (Å²) in [5, 5.41) is 25.4. The minimum atomic E-state index is -1.09. The number of aliphatic carboxylic acids is 1.